The Bertz CT molecular complexity index is 1100. The van der Waals surface area contributed by atoms with Gasteiger partial charge in [0.1, 0.15) is 0 Å². The standard InChI is InChI=1S/C24H25ClN4O3/c25-18-8-6-17(7-9-18)21-14-27-23(32-21)11-10-22(30)28-19-4-1-3-16(13-19)15-29-12-2-5-20(29)24(26)31/h1,3-4,6-9,13-14,20H,2,5,10-12,15H2,(H2,26,31)(H,28,30). The Labute approximate surface area is 191 Å². The van der Waals surface area contributed by atoms with E-state index < -0.39 is 0 Å². The number of anilines is 1. The van der Waals surface area contributed by atoms with E-state index in [9.17, 15) is 9.59 Å². The van der Waals surface area contributed by atoms with Crippen LogP contribution in [0, 0.1) is 0 Å². The second kappa shape index (κ2) is 9.97. The van der Waals surface area contributed by atoms with Crippen molar-refractivity contribution >= 4 is 29.1 Å². The number of benzene rings is 2. The summed E-state index contributed by atoms with van der Waals surface area (Å²) in [7, 11) is 0. The third kappa shape index (κ3) is 5.55. The molecule has 4 rings (SSSR count). The Morgan fingerprint density at radius 3 is 2.81 bits per heavy atom. The van der Waals surface area contributed by atoms with Crippen LogP contribution in [0.25, 0.3) is 11.3 Å². The Kier molecular flexibility index (Phi) is 6.87. The molecule has 3 aromatic rings. The zero-order valence-electron chi connectivity index (χ0n) is 17.6. The molecule has 1 aliphatic heterocycles. The van der Waals surface area contributed by atoms with Crippen LogP contribution in [0.1, 0.15) is 30.7 Å². The highest BCUT2D eigenvalue weighted by molar-refractivity contribution is 6.30. The lowest BCUT2D eigenvalue weighted by molar-refractivity contribution is -0.122. The fourth-order valence-electron chi connectivity index (χ4n) is 3.94. The van der Waals surface area contributed by atoms with E-state index in [4.69, 9.17) is 21.8 Å². The van der Waals surface area contributed by atoms with Crippen molar-refractivity contribution in [2.75, 3.05) is 11.9 Å². The Balaban J connectivity index is 1.30. The molecule has 1 aromatic heterocycles. The van der Waals surface area contributed by atoms with Gasteiger partial charge < -0.3 is 15.5 Å². The van der Waals surface area contributed by atoms with E-state index in [0.29, 0.717) is 29.6 Å². The van der Waals surface area contributed by atoms with Crippen LogP contribution in [0.2, 0.25) is 5.02 Å². The van der Waals surface area contributed by atoms with Crippen molar-refractivity contribution in [1.29, 1.82) is 0 Å². The summed E-state index contributed by atoms with van der Waals surface area (Å²) in [6, 6.07) is 14.7. The molecule has 1 fully saturated rings. The van der Waals surface area contributed by atoms with Crippen LogP contribution in [0.3, 0.4) is 0 Å². The van der Waals surface area contributed by atoms with Gasteiger partial charge in [0, 0.05) is 35.7 Å². The second-order valence-corrected chi connectivity index (χ2v) is 8.34. The molecule has 32 heavy (non-hydrogen) atoms. The van der Waals surface area contributed by atoms with Crippen molar-refractivity contribution in [1.82, 2.24) is 9.88 Å². The van der Waals surface area contributed by atoms with Crippen LogP contribution < -0.4 is 11.1 Å². The van der Waals surface area contributed by atoms with Gasteiger partial charge in [0.25, 0.3) is 0 Å². The lowest BCUT2D eigenvalue weighted by atomic mass is 10.1. The van der Waals surface area contributed by atoms with Crippen molar-refractivity contribution in [2.45, 2.75) is 38.3 Å². The van der Waals surface area contributed by atoms with Crippen LogP contribution in [0.15, 0.2) is 59.1 Å². The van der Waals surface area contributed by atoms with Crippen LogP contribution in [-0.2, 0) is 22.6 Å². The van der Waals surface area contributed by atoms with Gasteiger partial charge in [-0.15, -0.1) is 0 Å². The van der Waals surface area contributed by atoms with Gasteiger partial charge in [0.2, 0.25) is 11.8 Å². The molecule has 8 heteroatoms. The van der Waals surface area contributed by atoms with Crippen LogP contribution >= 0.6 is 11.6 Å². The predicted octanol–water partition coefficient (Wildman–Crippen LogP) is 4.02. The first-order valence-corrected chi connectivity index (χ1v) is 11.0. The van der Waals surface area contributed by atoms with E-state index in [-0.39, 0.29) is 24.3 Å². The minimum atomic E-state index is -0.280. The number of nitrogens with zero attached hydrogens (tertiary/aromatic N) is 2. The topological polar surface area (TPSA) is 101 Å². The third-order valence-corrected chi connectivity index (χ3v) is 5.79. The molecule has 0 spiro atoms. The molecule has 2 amide bonds. The summed E-state index contributed by atoms with van der Waals surface area (Å²) in [6.45, 7) is 1.47. The highest BCUT2D eigenvalue weighted by Gasteiger charge is 2.28. The normalized spacial score (nSPS) is 16.2. The van der Waals surface area contributed by atoms with E-state index >= 15 is 0 Å². The molecule has 0 radical (unpaired) electrons. The highest BCUT2D eigenvalue weighted by atomic mass is 35.5. The van der Waals surface area contributed by atoms with E-state index in [2.05, 4.69) is 15.2 Å². The summed E-state index contributed by atoms with van der Waals surface area (Å²) in [5.74, 6) is 0.744. The second-order valence-electron chi connectivity index (χ2n) is 7.90. The minimum absolute atomic E-state index is 0.121. The molecule has 0 aliphatic carbocycles. The maximum atomic E-state index is 12.4. The number of likely N-dealkylation sites (tertiary alicyclic amines) is 1. The number of nitrogens with one attached hydrogen (secondary N) is 1. The van der Waals surface area contributed by atoms with Crippen LogP contribution in [0.5, 0.6) is 0 Å². The van der Waals surface area contributed by atoms with E-state index in [0.717, 1.165) is 36.2 Å². The van der Waals surface area contributed by atoms with Gasteiger partial charge in [-0.25, -0.2) is 4.98 Å². The lowest BCUT2D eigenvalue weighted by Gasteiger charge is -2.22. The zero-order chi connectivity index (χ0) is 22.5. The molecule has 1 atom stereocenters. The summed E-state index contributed by atoms with van der Waals surface area (Å²) in [5.41, 5.74) is 8.13. The van der Waals surface area contributed by atoms with Crippen LogP contribution in [0.4, 0.5) is 5.69 Å². The van der Waals surface area contributed by atoms with Crippen LogP contribution in [-0.4, -0.2) is 34.3 Å². The Morgan fingerprint density at radius 2 is 2.03 bits per heavy atom. The average molecular weight is 453 g/mol. The molecule has 2 aromatic carbocycles. The first-order valence-electron chi connectivity index (χ1n) is 10.6. The Hall–Kier alpha value is -3.16. The number of primary amides is 1. The van der Waals surface area contributed by atoms with Crippen molar-refractivity contribution in [3.05, 3.63) is 71.2 Å². The first-order chi connectivity index (χ1) is 15.5. The molecule has 1 aliphatic rings. The highest BCUT2D eigenvalue weighted by Crippen LogP contribution is 2.23. The summed E-state index contributed by atoms with van der Waals surface area (Å²) in [6.07, 6.45) is 4.06. The fraction of sp³-hybridized carbons (Fsp3) is 0.292. The summed E-state index contributed by atoms with van der Waals surface area (Å²) in [4.78, 5) is 30.4. The monoisotopic (exact) mass is 452 g/mol. The number of hydrogen-bond acceptors (Lipinski definition) is 5. The zero-order valence-corrected chi connectivity index (χ0v) is 18.3. The number of oxazole rings is 1. The fourth-order valence-corrected chi connectivity index (χ4v) is 4.06. The third-order valence-electron chi connectivity index (χ3n) is 5.54. The number of aryl methyl sites for hydroxylation is 1. The van der Waals surface area contributed by atoms with Crippen molar-refractivity contribution in [3.63, 3.8) is 0 Å². The molecule has 7 nitrogen and oxygen atoms in total. The number of nitrogens with two attached hydrogens (primary N) is 1. The molecular weight excluding hydrogens is 428 g/mol. The molecule has 1 unspecified atom stereocenters. The quantitative estimate of drug-likeness (QED) is 0.537. The van der Waals surface area contributed by atoms with Gasteiger partial charge in [-0.3, -0.25) is 14.5 Å². The molecule has 0 bridgehead atoms. The molecule has 1 saturated heterocycles. The first kappa shape index (κ1) is 22.0. The summed E-state index contributed by atoms with van der Waals surface area (Å²) in [5, 5.41) is 3.58. The largest absolute Gasteiger partial charge is 0.441 e. The minimum Gasteiger partial charge on any atom is -0.441 e. The van der Waals surface area contributed by atoms with Crippen molar-refractivity contribution in [2.24, 2.45) is 5.73 Å². The van der Waals surface area contributed by atoms with Gasteiger partial charge >= 0.3 is 0 Å². The van der Waals surface area contributed by atoms with Crippen molar-refractivity contribution < 1.29 is 14.0 Å². The maximum Gasteiger partial charge on any atom is 0.234 e. The SMILES string of the molecule is NC(=O)C1CCCN1Cc1cccc(NC(=O)CCc2ncc(-c3ccc(Cl)cc3)o2)c1. The number of carbonyl (C=O) groups is 2. The van der Waals surface area contributed by atoms with Crippen molar-refractivity contribution in [3.8, 4) is 11.3 Å². The molecular formula is C24H25ClN4O3. The number of carbonyl (C=O) groups excluding carboxylic acids is 2. The molecule has 3 N–H and O–H groups in total. The van der Waals surface area contributed by atoms with Gasteiger partial charge in [-0.05, 0) is 61.3 Å². The lowest BCUT2D eigenvalue weighted by Crippen LogP contribution is -2.39. The molecule has 2 heterocycles. The van der Waals surface area contributed by atoms with Gasteiger partial charge in [0.15, 0.2) is 11.7 Å². The summed E-state index contributed by atoms with van der Waals surface area (Å²) < 4.78 is 5.76. The predicted molar refractivity (Wildman–Crippen MR) is 123 cm³/mol. The number of halogens is 1. The van der Waals surface area contributed by atoms with E-state index in [1.54, 1.807) is 18.3 Å². The molecule has 0 saturated carbocycles. The van der Waals surface area contributed by atoms with Gasteiger partial charge in [0.05, 0.1) is 12.2 Å². The Morgan fingerprint density at radius 1 is 1.22 bits per heavy atom. The number of rotatable bonds is 8. The van der Waals surface area contributed by atoms with E-state index in [1.807, 2.05) is 36.4 Å². The molecule has 166 valence electrons. The number of hydrogen-bond donors (Lipinski definition) is 2. The number of aromatic nitrogens is 1. The number of amides is 2. The summed E-state index contributed by atoms with van der Waals surface area (Å²) >= 11 is 5.91. The van der Waals surface area contributed by atoms with E-state index in [1.165, 1.54) is 0 Å². The maximum absolute atomic E-state index is 12.4. The smallest absolute Gasteiger partial charge is 0.234 e. The average Bonchev–Trinajstić information content (AvgIpc) is 3.43. The van der Waals surface area contributed by atoms with Gasteiger partial charge in [-0.1, -0.05) is 23.7 Å². The van der Waals surface area contributed by atoms with Gasteiger partial charge in [-0.2, -0.15) is 0 Å².